The number of aryl methyl sites for hydroxylation is 1. The summed E-state index contributed by atoms with van der Waals surface area (Å²) in [6.07, 6.45) is 1.25. The van der Waals surface area contributed by atoms with Crippen LogP contribution >= 0.6 is 11.3 Å². The summed E-state index contributed by atoms with van der Waals surface area (Å²) in [7, 11) is 0. The molecule has 0 bridgehead atoms. The summed E-state index contributed by atoms with van der Waals surface area (Å²) in [6, 6.07) is 6.44. The zero-order valence-electron chi connectivity index (χ0n) is 11.6. The monoisotopic (exact) mass is 292 g/mol. The van der Waals surface area contributed by atoms with Gasteiger partial charge in [-0.15, -0.1) is 11.3 Å². The number of benzene rings is 1. The maximum atomic E-state index is 13.2. The number of halogens is 1. The fourth-order valence-corrected chi connectivity index (χ4v) is 2.90. The van der Waals surface area contributed by atoms with E-state index in [1.165, 1.54) is 12.1 Å². The molecule has 0 saturated carbocycles. The van der Waals surface area contributed by atoms with Gasteiger partial charge in [-0.1, -0.05) is 19.1 Å². The molecule has 0 radical (unpaired) electrons. The Kier molecular flexibility index (Phi) is 4.84. The number of carbonyl (C=O) groups excluding carboxylic acids is 1. The molecule has 0 atom stereocenters. The molecule has 0 aliphatic heterocycles. The number of hydrogen-bond donors (Lipinski definition) is 1. The quantitative estimate of drug-likeness (QED) is 0.918. The minimum absolute atomic E-state index is 0.0533. The highest BCUT2D eigenvalue weighted by Gasteiger charge is 2.10. The molecule has 0 spiro atoms. The second-order valence-electron chi connectivity index (χ2n) is 4.49. The lowest BCUT2D eigenvalue weighted by Crippen LogP contribution is -2.24. The summed E-state index contributed by atoms with van der Waals surface area (Å²) < 4.78 is 13.2. The second-order valence-corrected chi connectivity index (χ2v) is 5.58. The van der Waals surface area contributed by atoms with E-state index >= 15 is 0 Å². The van der Waals surface area contributed by atoms with Gasteiger partial charge in [0.2, 0.25) is 5.91 Å². The van der Waals surface area contributed by atoms with E-state index in [9.17, 15) is 9.18 Å². The summed E-state index contributed by atoms with van der Waals surface area (Å²) in [5.74, 6) is -0.204. The molecule has 20 heavy (non-hydrogen) atoms. The van der Waals surface area contributed by atoms with E-state index < -0.39 is 0 Å². The Morgan fingerprint density at radius 3 is 2.95 bits per heavy atom. The van der Waals surface area contributed by atoms with Crippen molar-refractivity contribution in [3.05, 3.63) is 40.7 Å². The molecule has 0 aliphatic rings. The summed E-state index contributed by atoms with van der Waals surface area (Å²) in [6.45, 7) is 4.38. The highest BCUT2D eigenvalue weighted by molar-refractivity contribution is 7.15. The Morgan fingerprint density at radius 1 is 1.45 bits per heavy atom. The van der Waals surface area contributed by atoms with Crippen LogP contribution in [0.15, 0.2) is 24.3 Å². The van der Waals surface area contributed by atoms with Crippen molar-refractivity contribution < 1.29 is 9.18 Å². The molecular formula is C15H17FN2OS. The number of thiazole rings is 1. The zero-order valence-corrected chi connectivity index (χ0v) is 12.4. The standard InChI is InChI=1S/C15H17FN2OS/c1-3-14(19)17-8-7-13-10(2)18-15(20-13)11-5-4-6-12(16)9-11/h4-6,9H,3,7-8H2,1-2H3,(H,17,19). The summed E-state index contributed by atoms with van der Waals surface area (Å²) in [5, 5.41) is 3.66. The number of rotatable bonds is 5. The normalized spacial score (nSPS) is 10.6. The fourth-order valence-electron chi connectivity index (χ4n) is 1.85. The van der Waals surface area contributed by atoms with Gasteiger partial charge in [-0.05, 0) is 19.1 Å². The first-order valence-corrected chi connectivity index (χ1v) is 7.40. The molecule has 0 fully saturated rings. The summed E-state index contributed by atoms with van der Waals surface area (Å²) in [5.41, 5.74) is 1.74. The third-order valence-corrected chi connectivity index (χ3v) is 4.23. The lowest BCUT2D eigenvalue weighted by Gasteiger charge is -2.01. The van der Waals surface area contributed by atoms with E-state index in [-0.39, 0.29) is 11.7 Å². The molecule has 1 N–H and O–H groups in total. The third kappa shape index (κ3) is 3.63. The highest BCUT2D eigenvalue weighted by Crippen LogP contribution is 2.28. The number of amides is 1. The van der Waals surface area contributed by atoms with Crippen LogP contribution in [0.1, 0.15) is 23.9 Å². The largest absolute Gasteiger partial charge is 0.356 e. The van der Waals surface area contributed by atoms with Crippen molar-refractivity contribution in [1.82, 2.24) is 10.3 Å². The van der Waals surface area contributed by atoms with Gasteiger partial charge in [0.05, 0.1) is 5.69 Å². The van der Waals surface area contributed by atoms with Gasteiger partial charge in [0.25, 0.3) is 0 Å². The average molecular weight is 292 g/mol. The predicted molar refractivity (Wildman–Crippen MR) is 79.2 cm³/mol. The van der Waals surface area contributed by atoms with Crippen molar-refractivity contribution >= 4 is 17.2 Å². The highest BCUT2D eigenvalue weighted by atomic mass is 32.1. The van der Waals surface area contributed by atoms with Crippen LogP contribution in [0.5, 0.6) is 0 Å². The zero-order chi connectivity index (χ0) is 14.5. The van der Waals surface area contributed by atoms with Crippen molar-refractivity contribution in [3.8, 4) is 10.6 Å². The van der Waals surface area contributed by atoms with Gasteiger partial charge in [-0.3, -0.25) is 4.79 Å². The lowest BCUT2D eigenvalue weighted by atomic mass is 10.2. The van der Waals surface area contributed by atoms with Crippen molar-refractivity contribution in [3.63, 3.8) is 0 Å². The van der Waals surface area contributed by atoms with Gasteiger partial charge in [0.1, 0.15) is 10.8 Å². The first-order chi connectivity index (χ1) is 9.60. The van der Waals surface area contributed by atoms with Gasteiger partial charge < -0.3 is 5.32 Å². The SMILES string of the molecule is CCC(=O)NCCc1sc(-c2cccc(F)c2)nc1C. The molecule has 2 aromatic rings. The molecule has 2 rings (SSSR count). The predicted octanol–water partition coefficient (Wildman–Crippen LogP) is 3.33. The summed E-state index contributed by atoms with van der Waals surface area (Å²) >= 11 is 1.55. The van der Waals surface area contributed by atoms with Crippen molar-refractivity contribution in [2.75, 3.05) is 6.54 Å². The number of aromatic nitrogens is 1. The topological polar surface area (TPSA) is 42.0 Å². The van der Waals surface area contributed by atoms with E-state index in [0.717, 1.165) is 27.6 Å². The minimum Gasteiger partial charge on any atom is -0.356 e. The molecule has 1 amide bonds. The fraction of sp³-hybridized carbons (Fsp3) is 0.333. The average Bonchev–Trinajstić information content (AvgIpc) is 2.80. The van der Waals surface area contributed by atoms with E-state index in [4.69, 9.17) is 0 Å². The number of hydrogen-bond acceptors (Lipinski definition) is 3. The molecule has 0 saturated heterocycles. The van der Waals surface area contributed by atoms with Crippen LogP contribution in [0.4, 0.5) is 4.39 Å². The summed E-state index contributed by atoms with van der Waals surface area (Å²) in [4.78, 5) is 16.8. The molecule has 1 heterocycles. The number of nitrogens with one attached hydrogen (secondary N) is 1. The van der Waals surface area contributed by atoms with Gasteiger partial charge in [-0.2, -0.15) is 0 Å². The molecule has 1 aromatic carbocycles. The first-order valence-electron chi connectivity index (χ1n) is 6.59. The molecule has 106 valence electrons. The number of nitrogens with zero attached hydrogens (tertiary/aromatic N) is 1. The van der Waals surface area contributed by atoms with E-state index in [0.29, 0.717) is 13.0 Å². The molecular weight excluding hydrogens is 275 g/mol. The van der Waals surface area contributed by atoms with Gasteiger partial charge in [0.15, 0.2) is 0 Å². The van der Waals surface area contributed by atoms with E-state index in [1.807, 2.05) is 19.9 Å². The Hall–Kier alpha value is -1.75. The van der Waals surface area contributed by atoms with E-state index in [1.54, 1.807) is 17.4 Å². The second kappa shape index (κ2) is 6.61. The Bertz CT molecular complexity index is 610. The van der Waals surface area contributed by atoms with Crippen LogP contribution in [0.3, 0.4) is 0 Å². The molecule has 5 heteroatoms. The Labute approximate surface area is 121 Å². The van der Waals surface area contributed by atoms with Gasteiger partial charge in [-0.25, -0.2) is 9.37 Å². The number of carbonyl (C=O) groups is 1. The molecule has 3 nitrogen and oxygen atoms in total. The van der Waals surface area contributed by atoms with Crippen LogP contribution in [0.25, 0.3) is 10.6 Å². The minimum atomic E-state index is -0.257. The Morgan fingerprint density at radius 2 is 2.25 bits per heavy atom. The molecule has 1 aromatic heterocycles. The third-order valence-electron chi connectivity index (χ3n) is 2.96. The lowest BCUT2D eigenvalue weighted by molar-refractivity contribution is -0.120. The van der Waals surface area contributed by atoms with Crippen LogP contribution in [-0.2, 0) is 11.2 Å². The molecule has 0 unspecified atom stereocenters. The maximum Gasteiger partial charge on any atom is 0.219 e. The first kappa shape index (κ1) is 14.7. The van der Waals surface area contributed by atoms with Crippen LogP contribution in [-0.4, -0.2) is 17.4 Å². The Balaban J connectivity index is 2.08. The van der Waals surface area contributed by atoms with Crippen molar-refractivity contribution in [2.45, 2.75) is 26.7 Å². The maximum absolute atomic E-state index is 13.2. The smallest absolute Gasteiger partial charge is 0.219 e. The van der Waals surface area contributed by atoms with E-state index in [2.05, 4.69) is 10.3 Å². The van der Waals surface area contributed by atoms with Crippen LogP contribution < -0.4 is 5.32 Å². The molecule has 0 aliphatic carbocycles. The van der Waals surface area contributed by atoms with Crippen molar-refractivity contribution in [1.29, 1.82) is 0 Å². The van der Waals surface area contributed by atoms with Crippen molar-refractivity contribution in [2.24, 2.45) is 0 Å². The van der Waals surface area contributed by atoms with Crippen LogP contribution in [0.2, 0.25) is 0 Å². The van der Waals surface area contributed by atoms with Gasteiger partial charge >= 0.3 is 0 Å². The van der Waals surface area contributed by atoms with Crippen LogP contribution in [0, 0.1) is 12.7 Å². The van der Waals surface area contributed by atoms with Gasteiger partial charge in [0, 0.05) is 29.8 Å².